The third kappa shape index (κ3) is 2.72. The van der Waals surface area contributed by atoms with Gasteiger partial charge in [0, 0.05) is 11.1 Å². The lowest BCUT2D eigenvalue weighted by atomic mass is 10.2. The van der Waals surface area contributed by atoms with E-state index in [-0.39, 0.29) is 0 Å². The van der Waals surface area contributed by atoms with E-state index >= 15 is 0 Å². The van der Waals surface area contributed by atoms with Crippen LogP contribution in [0.2, 0.25) is 0 Å². The minimum Gasteiger partial charge on any atom is -0.241 e. The van der Waals surface area contributed by atoms with Crippen molar-refractivity contribution in [3.63, 3.8) is 0 Å². The van der Waals surface area contributed by atoms with Crippen molar-refractivity contribution in [1.82, 2.24) is 4.98 Å². The number of nitrogens with zero attached hydrogens (tertiary/aromatic N) is 1. The number of pyridine rings is 1. The van der Waals surface area contributed by atoms with Crippen LogP contribution >= 0.6 is 11.8 Å². The Morgan fingerprint density at radius 2 is 1.93 bits per heavy atom. The number of benzene rings is 1. The van der Waals surface area contributed by atoms with Crippen LogP contribution in [-0.2, 0) is 0 Å². The first-order chi connectivity index (χ1) is 7.25. The van der Waals surface area contributed by atoms with Gasteiger partial charge >= 0.3 is 0 Å². The van der Waals surface area contributed by atoms with Gasteiger partial charge in [-0.3, -0.25) is 0 Å². The smallest absolute Gasteiger partial charge is 0.0967 e. The van der Waals surface area contributed by atoms with E-state index in [1.54, 1.807) is 0 Å². The fraction of sp³-hybridized carbons (Fsp3) is 0.308. The Morgan fingerprint density at radius 1 is 1.13 bits per heavy atom. The molecular formula is C13H15NS. The Bertz CT molecular complexity index is 451. The van der Waals surface area contributed by atoms with Crippen LogP contribution in [0.1, 0.15) is 13.8 Å². The summed E-state index contributed by atoms with van der Waals surface area (Å²) < 4.78 is 0. The lowest BCUT2D eigenvalue weighted by Crippen LogP contribution is -1.91. The highest BCUT2D eigenvalue weighted by molar-refractivity contribution is 7.99. The normalized spacial score (nSPS) is 11.1. The summed E-state index contributed by atoms with van der Waals surface area (Å²) in [6, 6.07) is 12.5. The summed E-state index contributed by atoms with van der Waals surface area (Å²) in [7, 11) is 0. The van der Waals surface area contributed by atoms with Gasteiger partial charge in [0.05, 0.1) is 10.5 Å². The fourth-order valence-electron chi connectivity index (χ4n) is 1.38. The summed E-state index contributed by atoms with van der Waals surface area (Å²) in [5.74, 6) is 1.84. The topological polar surface area (TPSA) is 12.9 Å². The Kier molecular flexibility index (Phi) is 3.27. The number of hydrogen-bond donors (Lipinski definition) is 0. The van der Waals surface area contributed by atoms with E-state index < -0.39 is 0 Å². The minimum atomic E-state index is 0.711. The molecule has 0 aliphatic rings. The van der Waals surface area contributed by atoms with Crippen molar-refractivity contribution in [2.45, 2.75) is 18.9 Å². The number of para-hydroxylation sites is 1. The zero-order valence-corrected chi connectivity index (χ0v) is 9.92. The molecule has 0 unspecified atom stereocenters. The van der Waals surface area contributed by atoms with E-state index in [4.69, 9.17) is 0 Å². The molecule has 0 radical (unpaired) electrons. The standard InChI is InChI=1S/C13H15NS/c1-10(2)9-15-13-8-7-11-5-3-4-6-12(11)14-13/h3-8,10H,9H2,1-2H3. The molecule has 0 aliphatic heterocycles. The molecular weight excluding hydrogens is 202 g/mol. The van der Waals surface area contributed by atoms with Gasteiger partial charge in [-0.1, -0.05) is 38.1 Å². The van der Waals surface area contributed by atoms with Crippen molar-refractivity contribution in [2.24, 2.45) is 5.92 Å². The van der Waals surface area contributed by atoms with Crippen molar-refractivity contribution < 1.29 is 0 Å². The van der Waals surface area contributed by atoms with Crippen molar-refractivity contribution in [3.05, 3.63) is 36.4 Å². The molecule has 1 aromatic carbocycles. The average Bonchev–Trinajstić information content (AvgIpc) is 2.26. The summed E-state index contributed by atoms with van der Waals surface area (Å²) in [5.41, 5.74) is 1.09. The maximum absolute atomic E-state index is 4.61. The zero-order valence-electron chi connectivity index (χ0n) is 9.10. The van der Waals surface area contributed by atoms with Crippen LogP contribution in [0.5, 0.6) is 0 Å². The molecule has 0 aliphatic carbocycles. The van der Waals surface area contributed by atoms with Gasteiger partial charge in [0.15, 0.2) is 0 Å². The van der Waals surface area contributed by atoms with Gasteiger partial charge in [-0.2, -0.15) is 0 Å². The molecule has 1 nitrogen and oxygen atoms in total. The monoisotopic (exact) mass is 217 g/mol. The lowest BCUT2D eigenvalue weighted by Gasteiger charge is -2.04. The molecule has 15 heavy (non-hydrogen) atoms. The van der Waals surface area contributed by atoms with Crippen LogP contribution in [0.4, 0.5) is 0 Å². The Balaban J connectivity index is 2.23. The molecule has 0 atom stereocenters. The van der Waals surface area contributed by atoms with Gasteiger partial charge in [-0.15, -0.1) is 11.8 Å². The Hall–Kier alpha value is -1.02. The first kappa shape index (κ1) is 10.5. The van der Waals surface area contributed by atoms with Crippen LogP contribution in [0.15, 0.2) is 41.4 Å². The van der Waals surface area contributed by atoms with E-state index in [2.05, 4.69) is 43.1 Å². The van der Waals surface area contributed by atoms with Crippen LogP contribution in [0, 0.1) is 5.92 Å². The van der Waals surface area contributed by atoms with Gasteiger partial charge in [0.1, 0.15) is 0 Å². The Morgan fingerprint density at radius 3 is 2.73 bits per heavy atom. The van der Waals surface area contributed by atoms with E-state index in [1.165, 1.54) is 5.39 Å². The quantitative estimate of drug-likeness (QED) is 0.721. The number of hydrogen-bond acceptors (Lipinski definition) is 2. The van der Waals surface area contributed by atoms with E-state index in [1.807, 2.05) is 23.9 Å². The third-order valence-corrected chi connectivity index (χ3v) is 3.49. The van der Waals surface area contributed by atoms with Gasteiger partial charge in [-0.05, 0) is 18.1 Å². The highest BCUT2D eigenvalue weighted by Gasteiger charge is 2.00. The summed E-state index contributed by atoms with van der Waals surface area (Å²) in [6.07, 6.45) is 0. The van der Waals surface area contributed by atoms with Crippen molar-refractivity contribution >= 4 is 22.7 Å². The van der Waals surface area contributed by atoms with Crippen LogP contribution in [0.3, 0.4) is 0 Å². The summed E-state index contributed by atoms with van der Waals surface area (Å²) in [6.45, 7) is 4.46. The Labute approximate surface area is 94.9 Å². The van der Waals surface area contributed by atoms with E-state index in [0.29, 0.717) is 5.92 Å². The highest BCUT2D eigenvalue weighted by Crippen LogP contribution is 2.21. The summed E-state index contributed by atoms with van der Waals surface area (Å²) >= 11 is 1.83. The van der Waals surface area contributed by atoms with Crippen molar-refractivity contribution in [2.75, 3.05) is 5.75 Å². The molecule has 2 rings (SSSR count). The first-order valence-corrected chi connectivity index (χ1v) is 6.23. The molecule has 1 heterocycles. The molecule has 2 aromatic rings. The molecule has 0 saturated carbocycles. The second-order valence-electron chi connectivity index (χ2n) is 4.05. The highest BCUT2D eigenvalue weighted by atomic mass is 32.2. The lowest BCUT2D eigenvalue weighted by molar-refractivity contribution is 0.749. The number of aromatic nitrogens is 1. The zero-order chi connectivity index (χ0) is 10.7. The predicted molar refractivity (Wildman–Crippen MR) is 67.3 cm³/mol. The van der Waals surface area contributed by atoms with Crippen LogP contribution in [0.25, 0.3) is 10.9 Å². The van der Waals surface area contributed by atoms with Gasteiger partial charge in [0.25, 0.3) is 0 Å². The van der Waals surface area contributed by atoms with E-state index in [9.17, 15) is 0 Å². The molecule has 0 saturated heterocycles. The second kappa shape index (κ2) is 4.67. The van der Waals surface area contributed by atoms with Gasteiger partial charge in [0.2, 0.25) is 0 Å². The predicted octanol–water partition coefficient (Wildman–Crippen LogP) is 3.98. The third-order valence-electron chi connectivity index (χ3n) is 2.14. The largest absolute Gasteiger partial charge is 0.241 e. The number of fused-ring (bicyclic) bond motifs is 1. The fourth-order valence-corrected chi connectivity index (χ4v) is 2.21. The van der Waals surface area contributed by atoms with Gasteiger partial charge < -0.3 is 0 Å². The minimum absolute atomic E-state index is 0.711. The number of rotatable bonds is 3. The molecule has 2 heteroatoms. The number of thioether (sulfide) groups is 1. The van der Waals surface area contributed by atoms with Gasteiger partial charge in [-0.25, -0.2) is 4.98 Å². The maximum atomic E-state index is 4.61. The molecule has 78 valence electrons. The summed E-state index contributed by atoms with van der Waals surface area (Å²) in [4.78, 5) is 4.61. The molecule has 1 aromatic heterocycles. The van der Waals surface area contributed by atoms with Crippen LogP contribution < -0.4 is 0 Å². The van der Waals surface area contributed by atoms with E-state index in [0.717, 1.165) is 16.3 Å². The first-order valence-electron chi connectivity index (χ1n) is 5.24. The van der Waals surface area contributed by atoms with Crippen LogP contribution in [-0.4, -0.2) is 10.7 Å². The maximum Gasteiger partial charge on any atom is 0.0967 e. The molecule has 0 N–H and O–H groups in total. The SMILES string of the molecule is CC(C)CSc1ccc2ccccc2n1. The molecule has 0 spiro atoms. The molecule has 0 bridgehead atoms. The second-order valence-corrected chi connectivity index (χ2v) is 5.09. The molecule has 0 amide bonds. The molecule has 0 fully saturated rings. The van der Waals surface area contributed by atoms with Crippen molar-refractivity contribution in [3.8, 4) is 0 Å². The van der Waals surface area contributed by atoms with Crippen molar-refractivity contribution in [1.29, 1.82) is 0 Å². The summed E-state index contributed by atoms with van der Waals surface area (Å²) in [5, 5.41) is 2.34. The average molecular weight is 217 g/mol.